The molecule has 0 saturated heterocycles. The lowest BCUT2D eigenvalue weighted by atomic mass is 10.2. The lowest BCUT2D eigenvalue weighted by Gasteiger charge is -2.12. The monoisotopic (exact) mass is 273 g/mol. The molecule has 0 saturated carbocycles. The van der Waals surface area contributed by atoms with Crippen molar-refractivity contribution in [2.45, 2.75) is 66.4 Å². The van der Waals surface area contributed by atoms with Gasteiger partial charge in [0.25, 0.3) is 0 Å². The van der Waals surface area contributed by atoms with E-state index in [2.05, 4.69) is 36.4 Å². The van der Waals surface area contributed by atoms with Crippen LogP contribution in [0.2, 0.25) is 0 Å². The SMILES string of the molecule is CC.CCCCCNC(=NC)NCCCOC(C)C. The molecule has 0 fully saturated rings. The second-order valence-electron chi connectivity index (χ2n) is 4.41. The Morgan fingerprint density at radius 1 is 1.05 bits per heavy atom. The fourth-order valence-corrected chi connectivity index (χ4v) is 1.40. The van der Waals surface area contributed by atoms with E-state index < -0.39 is 0 Å². The van der Waals surface area contributed by atoms with Crippen LogP contribution in [0.5, 0.6) is 0 Å². The highest BCUT2D eigenvalue weighted by molar-refractivity contribution is 5.79. The molecule has 0 aliphatic heterocycles. The van der Waals surface area contributed by atoms with Crippen LogP contribution in [-0.4, -0.2) is 38.8 Å². The Kier molecular flexibility index (Phi) is 18.6. The summed E-state index contributed by atoms with van der Waals surface area (Å²) in [7, 11) is 1.81. The van der Waals surface area contributed by atoms with Crippen molar-refractivity contribution < 1.29 is 4.74 Å². The highest BCUT2D eigenvalue weighted by Gasteiger charge is 1.97. The van der Waals surface area contributed by atoms with Crippen LogP contribution in [0.3, 0.4) is 0 Å². The van der Waals surface area contributed by atoms with Crippen molar-refractivity contribution in [3.63, 3.8) is 0 Å². The van der Waals surface area contributed by atoms with Gasteiger partial charge in [-0.05, 0) is 26.7 Å². The van der Waals surface area contributed by atoms with E-state index in [9.17, 15) is 0 Å². The Labute approximate surface area is 120 Å². The third-order valence-corrected chi connectivity index (χ3v) is 2.36. The number of hydrogen-bond donors (Lipinski definition) is 2. The van der Waals surface area contributed by atoms with Crippen molar-refractivity contribution in [2.75, 3.05) is 26.7 Å². The molecule has 2 N–H and O–H groups in total. The summed E-state index contributed by atoms with van der Waals surface area (Å²) in [4.78, 5) is 4.17. The van der Waals surface area contributed by atoms with Crippen LogP contribution in [0.25, 0.3) is 0 Å². The molecule has 0 aliphatic rings. The molecule has 4 nitrogen and oxygen atoms in total. The normalized spacial score (nSPS) is 11.0. The number of unbranched alkanes of at least 4 members (excludes halogenated alkanes) is 2. The molecule has 0 spiro atoms. The number of hydrogen-bond acceptors (Lipinski definition) is 2. The number of ether oxygens (including phenoxy) is 1. The van der Waals surface area contributed by atoms with Crippen LogP contribution in [0.1, 0.15) is 60.3 Å². The first-order valence-corrected chi connectivity index (χ1v) is 7.76. The quantitative estimate of drug-likeness (QED) is 0.385. The van der Waals surface area contributed by atoms with Gasteiger partial charge in [-0.15, -0.1) is 0 Å². The van der Waals surface area contributed by atoms with Crippen LogP contribution in [0.15, 0.2) is 4.99 Å². The average Bonchev–Trinajstić information content (AvgIpc) is 2.42. The van der Waals surface area contributed by atoms with E-state index in [1.165, 1.54) is 19.3 Å². The number of nitrogens with one attached hydrogen (secondary N) is 2. The van der Waals surface area contributed by atoms with Crippen molar-refractivity contribution >= 4 is 5.96 Å². The Morgan fingerprint density at radius 2 is 1.63 bits per heavy atom. The maximum atomic E-state index is 5.47. The van der Waals surface area contributed by atoms with E-state index in [4.69, 9.17) is 4.74 Å². The van der Waals surface area contributed by atoms with E-state index in [-0.39, 0.29) is 0 Å². The van der Waals surface area contributed by atoms with Crippen LogP contribution in [-0.2, 0) is 4.74 Å². The summed E-state index contributed by atoms with van der Waals surface area (Å²) in [5, 5.41) is 6.58. The fourth-order valence-electron chi connectivity index (χ4n) is 1.40. The van der Waals surface area contributed by atoms with Gasteiger partial charge in [-0.25, -0.2) is 0 Å². The molecule has 0 heterocycles. The minimum Gasteiger partial charge on any atom is -0.379 e. The minimum atomic E-state index is 0.321. The van der Waals surface area contributed by atoms with Gasteiger partial charge in [-0.2, -0.15) is 0 Å². The first kappa shape index (κ1) is 20.5. The molecule has 0 aromatic rings. The smallest absolute Gasteiger partial charge is 0.190 e. The van der Waals surface area contributed by atoms with Crippen molar-refractivity contribution in [3.05, 3.63) is 0 Å². The molecule has 0 radical (unpaired) electrons. The highest BCUT2D eigenvalue weighted by Crippen LogP contribution is 1.91. The Bertz CT molecular complexity index is 194. The number of aliphatic imine (C=N–C) groups is 1. The van der Waals surface area contributed by atoms with Crippen molar-refractivity contribution in [3.8, 4) is 0 Å². The zero-order valence-electron chi connectivity index (χ0n) is 13.9. The van der Waals surface area contributed by atoms with Crippen LogP contribution < -0.4 is 10.6 Å². The second kappa shape index (κ2) is 17.2. The van der Waals surface area contributed by atoms with Crippen molar-refractivity contribution in [2.24, 2.45) is 4.99 Å². The summed E-state index contributed by atoms with van der Waals surface area (Å²) >= 11 is 0. The molecule has 116 valence electrons. The van der Waals surface area contributed by atoms with Gasteiger partial charge < -0.3 is 15.4 Å². The number of nitrogens with zero attached hydrogens (tertiary/aromatic N) is 1. The third-order valence-electron chi connectivity index (χ3n) is 2.36. The standard InChI is InChI=1S/C13H29N3O.C2H6/c1-5-6-7-9-15-13(14-4)16-10-8-11-17-12(2)3;1-2/h12H,5-11H2,1-4H3,(H2,14,15,16);1-2H3. The summed E-state index contributed by atoms with van der Waals surface area (Å²) in [5.41, 5.74) is 0. The van der Waals surface area contributed by atoms with Gasteiger partial charge in [-0.1, -0.05) is 33.6 Å². The Hall–Kier alpha value is -0.770. The highest BCUT2D eigenvalue weighted by atomic mass is 16.5. The summed E-state index contributed by atoms with van der Waals surface area (Å²) < 4.78 is 5.47. The fraction of sp³-hybridized carbons (Fsp3) is 0.933. The maximum absolute atomic E-state index is 5.47. The molecule has 0 unspecified atom stereocenters. The summed E-state index contributed by atoms with van der Waals surface area (Å²) in [5.74, 6) is 0.894. The van der Waals surface area contributed by atoms with Crippen LogP contribution >= 0.6 is 0 Å². The Balaban J connectivity index is 0. The molecular weight excluding hydrogens is 238 g/mol. The summed E-state index contributed by atoms with van der Waals surface area (Å²) in [6, 6.07) is 0. The third kappa shape index (κ3) is 17.2. The van der Waals surface area contributed by atoms with Crippen molar-refractivity contribution in [1.29, 1.82) is 0 Å². The first-order chi connectivity index (χ1) is 9.20. The first-order valence-electron chi connectivity index (χ1n) is 7.76. The molecule has 0 aliphatic carbocycles. The molecule has 0 atom stereocenters. The Morgan fingerprint density at radius 3 is 2.11 bits per heavy atom. The zero-order valence-corrected chi connectivity index (χ0v) is 13.9. The molecule has 0 aromatic carbocycles. The summed E-state index contributed by atoms with van der Waals surface area (Å²) in [6.07, 6.45) is 5.05. The molecule has 0 amide bonds. The van der Waals surface area contributed by atoms with Crippen LogP contribution in [0.4, 0.5) is 0 Å². The van der Waals surface area contributed by atoms with Gasteiger partial charge in [0, 0.05) is 26.7 Å². The predicted molar refractivity (Wildman–Crippen MR) is 85.9 cm³/mol. The molecular formula is C15H35N3O. The number of rotatable bonds is 9. The van der Waals surface area contributed by atoms with Crippen LogP contribution in [0, 0.1) is 0 Å². The summed E-state index contributed by atoms with van der Waals surface area (Å²) in [6.45, 7) is 13.0. The molecule has 0 aromatic heterocycles. The van der Waals surface area contributed by atoms with E-state index in [1.807, 2.05) is 13.8 Å². The average molecular weight is 273 g/mol. The lowest BCUT2D eigenvalue weighted by molar-refractivity contribution is 0.0776. The minimum absolute atomic E-state index is 0.321. The van der Waals surface area contributed by atoms with Gasteiger partial charge in [0.2, 0.25) is 0 Å². The lowest BCUT2D eigenvalue weighted by Crippen LogP contribution is -2.38. The topological polar surface area (TPSA) is 45.7 Å². The number of guanidine groups is 1. The van der Waals surface area contributed by atoms with E-state index in [1.54, 1.807) is 7.05 Å². The van der Waals surface area contributed by atoms with Gasteiger partial charge >= 0.3 is 0 Å². The predicted octanol–water partition coefficient (Wildman–Crippen LogP) is 3.18. The van der Waals surface area contributed by atoms with E-state index >= 15 is 0 Å². The van der Waals surface area contributed by atoms with Crippen molar-refractivity contribution in [1.82, 2.24) is 10.6 Å². The molecule has 0 bridgehead atoms. The maximum Gasteiger partial charge on any atom is 0.190 e. The van der Waals surface area contributed by atoms with E-state index in [0.29, 0.717) is 6.10 Å². The molecule has 0 rings (SSSR count). The van der Waals surface area contributed by atoms with Gasteiger partial charge in [0.15, 0.2) is 5.96 Å². The van der Waals surface area contributed by atoms with Gasteiger partial charge in [-0.3, -0.25) is 4.99 Å². The van der Waals surface area contributed by atoms with Gasteiger partial charge in [0.1, 0.15) is 0 Å². The second-order valence-corrected chi connectivity index (χ2v) is 4.41. The largest absolute Gasteiger partial charge is 0.379 e. The van der Waals surface area contributed by atoms with Gasteiger partial charge in [0.05, 0.1) is 6.10 Å². The van der Waals surface area contributed by atoms with E-state index in [0.717, 1.165) is 32.1 Å². The molecule has 19 heavy (non-hydrogen) atoms. The molecule has 4 heteroatoms. The zero-order chi connectivity index (χ0) is 14.9.